The third kappa shape index (κ3) is 2.44. The normalized spacial score (nSPS) is 11.0. The predicted octanol–water partition coefficient (Wildman–Crippen LogP) is 2.98. The number of aromatic nitrogens is 5. The van der Waals surface area contributed by atoms with Crippen molar-refractivity contribution in [3.63, 3.8) is 0 Å². The molecule has 0 aliphatic carbocycles. The fourth-order valence-electron chi connectivity index (χ4n) is 2.31. The summed E-state index contributed by atoms with van der Waals surface area (Å²) in [5.41, 5.74) is 2.97. The van der Waals surface area contributed by atoms with Crippen molar-refractivity contribution >= 4 is 22.0 Å². The van der Waals surface area contributed by atoms with Gasteiger partial charge in [0.25, 0.3) is 0 Å². The standard InChI is InChI=1S/C16H14N6S/c1-21(2)12-7-5-6-11(10-12)15-20-22-14(18-19-16(22)23-15)13-8-3-4-9-17-13/h3-10H,1-2H3. The first-order valence-electron chi connectivity index (χ1n) is 7.14. The number of pyridine rings is 1. The van der Waals surface area contributed by atoms with Crippen LogP contribution in [0.2, 0.25) is 0 Å². The Kier molecular flexibility index (Phi) is 3.27. The van der Waals surface area contributed by atoms with Gasteiger partial charge in [-0.05, 0) is 24.3 Å². The van der Waals surface area contributed by atoms with Crippen molar-refractivity contribution < 1.29 is 0 Å². The van der Waals surface area contributed by atoms with E-state index in [1.807, 2.05) is 38.4 Å². The maximum atomic E-state index is 4.67. The van der Waals surface area contributed by atoms with Gasteiger partial charge < -0.3 is 4.90 Å². The van der Waals surface area contributed by atoms with Gasteiger partial charge in [-0.3, -0.25) is 4.98 Å². The maximum absolute atomic E-state index is 4.67. The van der Waals surface area contributed by atoms with Crippen LogP contribution >= 0.6 is 11.3 Å². The number of hydrogen-bond donors (Lipinski definition) is 0. The van der Waals surface area contributed by atoms with Crippen LogP contribution in [0.4, 0.5) is 5.69 Å². The molecular weight excluding hydrogens is 308 g/mol. The Bertz CT molecular complexity index is 957. The Morgan fingerprint density at radius 1 is 1.04 bits per heavy atom. The lowest BCUT2D eigenvalue weighted by Crippen LogP contribution is -2.08. The van der Waals surface area contributed by atoms with Gasteiger partial charge in [-0.2, -0.15) is 9.61 Å². The highest BCUT2D eigenvalue weighted by molar-refractivity contribution is 7.19. The van der Waals surface area contributed by atoms with E-state index >= 15 is 0 Å². The molecule has 0 radical (unpaired) electrons. The summed E-state index contributed by atoms with van der Waals surface area (Å²) < 4.78 is 1.75. The summed E-state index contributed by atoms with van der Waals surface area (Å²) in [6.07, 6.45) is 1.74. The molecule has 0 atom stereocenters. The van der Waals surface area contributed by atoms with E-state index in [0.29, 0.717) is 5.82 Å². The first kappa shape index (κ1) is 13.8. The van der Waals surface area contributed by atoms with Crippen molar-refractivity contribution in [3.05, 3.63) is 48.7 Å². The van der Waals surface area contributed by atoms with Gasteiger partial charge in [0.2, 0.25) is 10.8 Å². The Labute approximate surface area is 137 Å². The molecule has 0 amide bonds. The SMILES string of the molecule is CN(C)c1cccc(-c2nn3c(-c4ccccn4)nnc3s2)c1. The van der Waals surface area contributed by atoms with Crippen LogP contribution in [0.15, 0.2) is 48.7 Å². The summed E-state index contributed by atoms with van der Waals surface area (Å²) in [6, 6.07) is 14.0. The van der Waals surface area contributed by atoms with Gasteiger partial charge in [-0.1, -0.05) is 29.5 Å². The maximum Gasteiger partial charge on any atom is 0.235 e. The highest BCUT2D eigenvalue weighted by Crippen LogP contribution is 2.29. The van der Waals surface area contributed by atoms with Crippen LogP contribution in [0.5, 0.6) is 0 Å². The second-order valence-electron chi connectivity index (χ2n) is 5.28. The van der Waals surface area contributed by atoms with Crippen molar-refractivity contribution in [2.45, 2.75) is 0 Å². The van der Waals surface area contributed by atoms with Crippen molar-refractivity contribution in [1.82, 2.24) is 24.8 Å². The van der Waals surface area contributed by atoms with Crippen LogP contribution in [0.25, 0.3) is 27.1 Å². The minimum atomic E-state index is 0.659. The number of hydrogen-bond acceptors (Lipinski definition) is 6. The zero-order valence-electron chi connectivity index (χ0n) is 12.7. The summed E-state index contributed by atoms with van der Waals surface area (Å²) in [7, 11) is 4.05. The first-order valence-corrected chi connectivity index (χ1v) is 7.95. The van der Waals surface area contributed by atoms with E-state index in [1.165, 1.54) is 11.3 Å². The summed E-state index contributed by atoms with van der Waals surface area (Å²) >= 11 is 1.52. The molecule has 23 heavy (non-hydrogen) atoms. The third-order valence-electron chi connectivity index (χ3n) is 3.49. The van der Waals surface area contributed by atoms with Crippen LogP contribution in [0, 0.1) is 0 Å². The fraction of sp³-hybridized carbons (Fsp3) is 0.125. The minimum Gasteiger partial charge on any atom is -0.378 e. The average Bonchev–Trinajstić information content (AvgIpc) is 3.16. The van der Waals surface area contributed by atoms with Gasteiger partial charge in [-0.25, -0.2) is 0 Å². The number of rotatable bonds is 3. The van der Waals surface area contributed by atoms with Gasteiger partial charge in [0.1, 0.15) is 10.7 Å². The average molecular weight is 322 g/mol. The molecule has 6 nitrogen and oxygen atoms in total. The van der Waals surface area contributed by atoms with Gasteiger partial charge in [0, 0.05) is 31.5 Å². The van der Waals surface area contributed by atoms with E-state index in [1.54, 1.807) is 10.7 Å². The monoisotopic (exact) mass is 322 g/mol. The Morgan fingerprint density at radius 3 is 2.74 bits per heavy atom. The minimum absolute atomic E-state index is 0.659. The lowest BCUT2D eigenvalue weighted by Gasteiger charge is -2.12. The van der Waals surface area contributed by atoms with E-state index in [-0.39, 0.29) is 0 Å². The second kappa shape index (κ2) is 5.44. The van der Waals surface area contributed by atoms with Crippen LogP contribution in [0.1, 0.15) is 0 Å². The molecule has 0 saturated carbocycles. The van der Waals surface area contributed by atoms with Crippen molar-refractivity contribution in [2.75, 3.05) is 19.0 Å². The summed E-state index contributed by atoms with van der Waals surface area (Å²) in [4.78, 5) is 7.16. The molecule has 0 aliphatic heterocycles. The highest BCUT2D eigenvalue weighted by atomic mass is 32.1. The molecule has 1 aromatic carbocycles. The molecular formula is C16H14N6S. The van der Waals surface area contributed by atoms with E-state index in [4.69, 9.17) is 0 Å². The molecule has 7 heteroatoms. The number of nitrogens with zero attached hydrogens (tertiary/aromatic N) is 6. The van der Waals surface area contributed by atoms with Crippen molar-refractivity contribution in [2.24, 2.45) is 0 Å². The predicted molar refractivity (Wildman–Crippen MR) is 91.7 cm³/mol. The van der Waals surface area contributed by atoms with Gasteiger partial charge in [0.05, 0.1) is 0 Å². The molecule has 114 valence electrons. The first-order chi connectivity index (χ1) is 11.2. The molecule has 0 N–H and O–H groups in total. The van der Waals surface area contributed by atoms with Gasteiger partial charge in [0.15, 0.2) is 0 Å². The molecule has 0 saturated heterocycles. The molecule has 0 spiro atoms. The Balaban J connectivity index is 1.81. The Morgan fingerprint density at radius 2 is 1.96 bits per heavy atom. The molecule has 0 fully saturated rings. The van der Waals surface area contributed by atoms with Gasteiger partial charge >= 0.3 is 0 Å². The quantitative estimate of drug-likeness (QED) is 0.580. The molecule has 0 bridgehead atoms. The van der Waals surface area contributed by atoms with Crippen LogP contribution < -0.4 is 4.90 Å². The molecule has 0 aliphatic rings. The number of anilines is 1. The van der Waals surface area contributed by atoms with E-state index in [9.17, 15) is 0 Å². The van der Waals surface area contributed by atoms with Crippen LogP contribution in [-0.4, -0.2) is 38.9 Å². The Hall–Kier alpha value is -2.80. The zero-order chi connectivity index (χ0) is 15.8. The van der Waals surface area contributed by atoms with Crippen molar-refractivity contribution in [3.8, 4) is 22.1 Å². The topological polar surface area (TPSA) is 59.2 Å². The zero-order valence-corrected chi connectivity index (χ0v) is 13.5. The summed E-state index contributed by atoms with van der Waals surface area (Å²) in [6.45, 7) is 0. The summed E-state index contributed by atoms with van der Waals surface area (Å²) in [5, 5.41) is 14.0. The van der Waals surface area contributed by atoms with Crippen LogP contribution in [0.3, 0.4) is 0 Å². The molecule has 3 aromatic heterocycles. The highest BCUT2D eigenvalue weighted by Gasteiger charge is 2.15. The second-order valence-corrected chi connectivity index (χ2v) is 6.24. The number of benzene rings is 1. The van der Waals surface area contributed by atoms with Crippen molar-refractivity contribution in [1.29, 1.82) is 0 Å². The third-order valence-corrected chi connectivity index (χ3v) is 4.44. The van der Waals surface area contributed by atoms with Gasteiger partial charge in [-0.15, -0.1) is 10.2 Å². The van der Waals surface area contributed by atoms with Crippen LogP contribution in [-0.2, 0) is 0 Å². The molecule has 4 rings (SSSR count). The smallest absolute Gasteiger partial charge is 0.235 e. The molecule has 0 unspecified atom stereocenters. The largest absolute Gasteiger partial charge is 0.378 e. The fourth-order valence-corrected chi connectivity index (χ4v) is 3.14. The summed E-state index contributed by atoms with van der Waals surface area (Å²) in [5.74, 6) is 0.659. The van der Waals surface area contributed by atoms with E-state index in [0.717, 1.165) is 26.9 Å². The number of fused-ring (bicyclic) bond motifs is 1. The van der Waals surface area contributed by atoms with E-state index in [2.05, 4.69) is 43.4 Å². The van der Waals surface area contributed by atoms with E-state index < -0.39 is 0 Å². The molecule has 3 heterocycles. The lowest BCUT2D eigenvalue weighted by atomic mass is 10.2. The molecule has 4 aromatic rings. The lowest BCUT2D eigenvalue weighted by molar-refractivity contribution is 0.961.